The molecule has 3 N–H and O–H groups in total. The second-order valence-electron chi connectivity index (χ2n) is 3.49. The third kappa shape index (κ3) is 2.13. The molecule has 1 heterocycles. The fourth-order valence-electron chi connectivity index (χ4n) is 1.43. The Hall–Kier alpha value is -1.64. The molecule has 0 radical (unpaired) electrons. The molecule has 0 unspecified atom stereocenters. The fourth-order valence-corrected chi connectivity index (χ4v) is 2.46. The largest absolute Gasteiger partial charge is 0.399 e. The number of aliphatic hydroxyl groups excluding tert-OH is 1. The quantitative estimate of drug-likeness (QED) is 0.796. The Labute approximate surface area is 97.0 Å². The van der Waals surface area contributed by atoms with Crippen LogP contribution in [0.3, 0.4) is 0 Å². The minimum Gasteiger partial charge on any atom is -0.399 e. The first-order valence-electron chi connectivity index (χ1n) is 4.91. The lowest BCUT2D eigenvalue weighted by atomic mass is 10.2. The smallest absolute Gasteiger partial charge is 0.123 e. The molecule has 1 aromatic heterocycles. The first-order chi connectivity index (χ1) is 7.70. The number of nitriles is 1. The zero-order valence-corrected chi connectivity index (χ0v) is 9.37. The van der Waals surface area contributed by atoms with Crippen LogP contribution in [-0.4, -0.2) is 10.1 Å². The summed E-state index contributed by atoms with van der Waals surface area (Å²) in [4.78, 5) is 4.31. The van der Waals surface area contributed by atoms with Crippen LogP contribution >= 0.6 is 11.3 Å². The summed E-state index contributed by atoms with van der Waals surface area (Å²) in [7, 11) is 0. The van der Waals surface area contributed by atoms with Crippen molar-refractivity contribution in [2.75, 3.05) is 5.73 Å². The molecular formula is C11H11N3OS. The van der Waals surface area contributed by atoms with Gasteiger partial charge in [-0.25, -0.2) is 4.98 Å². The highest BCUT2D eigenvalue weighted by molar-refractivity contribution is 7.18. The Morgan fingerprint density at radius 3 is 3.12 bits per heavy atom. The third-order valence-corrected chi connectivity index (χ3v) is 3.36. The van der Waals surface area contributed by atoms with Crippen LogP contribution in [0.5, 0.6) is 0 Å². The summed E-state index contributed by atoms with van der Waals surface area (Å²) in [5.41, 5.74) is 7.19. The van der Waals surface area contributed by atoms with Gasteiger partial charge in [0.15, 0.2) is 0 Å². The van der Waals surface area contributed by atoms with E-state index in [1.807, 2.05) is 18.2 Å². The van der Waals surface area contributed by atoms with Crippen molar-refractivity contribution in [1.82, 2.24) is 4.98 Å². The Bertz CT molecular complexity index is 544. The number of aromatic nitrogens is 1. The van der Waals surface area contributed by atoms with Gasteiger partial charge in [-0.3, -0.25) is 0 Å². The lowest BCUT2D eigenvalue weighted by Gasteiger charge is -2.02. The molecule has 16 heavy (non-hydrogen) atoms. The Kier molecular flexibility index (Phi) is 3.04. The molecule has 0 aliphatic rings. The summed E-state index contributed by atoms with van der Waals surface area (Å²) in [5.74, 6) is 0. The molecule has 1 atom stereocenters. The van der Waals surface area contributed by atoms with Crippen LogP contribution in [-0.2, 0) is 0 Å². The molecule has 0 amide bonds. The predicted molar refractivity (Wildman–Crippen MR) is 63.8 cm³/mol. The number of nitrogens with zero attached hydrogens (tertiary/aromatic N) is 2. The third-order valence-electron chi connectivity index (χ3n) is 2.24. The molecule has 82 valence electrons. The number of aliphatic hydroxyl groups is 1. The molecule has 2 rings (SSSR count). The summed E-state index contributed by atoms with van der Waals surface area (Å²) in [6, 6.07) is 7.47. The van der Waals surface area contributed by atoms with Crippen molar-refractivity contribution in [3.8, 4) is 6.07 Å². The molecule has 4 nitrogen and oxygen atoms in total. The van der Waals surface area contributed by atoms with Gasteiger partial charge in [0.2, 0.25) is 0 Å². The number of hydrogen-bond acceptors (Lipinski definition) is 5. The van der Waals surface area contributed by atoms with Crippen LogP contribution in [0.25, 0.3) is 10.2 Å². The van der Waals surface area contributed by atoms with Crippen LogP contribution in [0.2, 0.25) is 0 Å². The Morgan fingerprint density at radius 1 is 1.56 bits per heavy atom. The first kappa shape index (κ1) is 10.9. The maximum absolute atomic E-state index is 9.79. The van der Waals surface area contributed by atoms with Crippen molar-refractivity contribution < 1.29 is 5.11 Å². The zero-order valence-electron chi connectivity index (χ0n) is 8.55. The van der Waals surface area contributed by atoms with Gasteiger partial charge in [0.05, 0.1) is 16.3 Å². The SMILES string of the molecule is N#CCC[C@H](O)c1nc2ccc(N)cc2s1. The number of fused-ring (bicyclic) bond motifs is 1. The second-order valence-corrected chi connectivity index (χ2v) is 4.55. The van der Waals surface area contributed by atoms with Gasteiger partial charge in [0.1, 0.15) is 11.1 Å². The van der Waals surface area contributed by atoms with Crippen LogP contribution in [0.4, 0.5) is 5.69 Å². The highest BCUT2D eigenvalue weighted by Crippen LogP contribution is 2.29. The van der Waals surface area contributed by atoms with Gasteiger partial charge in [-0.2, -0.15) is 5.26 Å². The van der Waals surface area contributed by atoms with E-state index < -0.39 is 6.10 Å². The average molecular weight is 233 g/mol. The summed E-state index contributed by atoms with van der Waals surface area (Å²) in [6.45, 7) is 0. The van der Waals surface area contributed by atoms with E-state index in [0.717, 1.165) is 10.2 Å². The van der Waals surface area contributed by atoms with E-state index in [1.165, 1.54) is 11.3 Å². The second kappa shape index (κ2) is 4.47. The van der Waals surface area contributed by atoms with E-state index in [1.54, 1.807) is 6.07 Å². The molecule has 5 heteroatoms. The van der Waals surface area contributed by atoms with Crippen molar-refractivity contribution in [2.24, 2.45) is 0 Å². The van der Waals surface area contributed by atoms with E-state index in [4.69, 9.17) is 11.0 Å². The molecule has 0 fully saturated rings. The zero-order chi connectivity index (χ0) is 11.5. The highest BCUT2D eigenvalue weighted by Gasteiger charge is 2.12. The maximum Gasteiger partial charge on any atom is 0.123 e. The number of hydrogen-bond donors (Lipinski definition) is 2. The molecule has 0 saturated carbocycles. The highest BCUT2D eigenvalue weighted by atomic mass is 32.1. The maximum atomic E-state index is 9.79. The molecule has 0 bridgehead atoms. The number of thiazole rings is 1. The topological polar surface area (TPSA) is 82.9 Å². The molecule has 2 aromatic rings. The summed E-state index contributed by atoms with van der Waals surface area (Å²) >= 11 is 1.42. The molecule has 0 saturated heterocycles. The van der Waals surface area contributed by atoms with Crippen LogP contribution in [0, 0.1) is 11.3 Å². The molecule has 1 aromatic carbocycles. The summed E-state index contributed by atoms with van der Waals surface area (Å²) in [5, 5.41) is 18.9. The number of nitrogens with two attached hydrogens (primary N) is 1. The van der Waals surface area contributed by atoms with Crippen molar-refractivity contribution in [3.63, 3.8) is 0 Å². The summed E-state index contributed by atoms with van der Waals surface area (Å²) < 4.78 is 0.964. The van der Waals surface area contributed by atoms with E-state index in [9.17, 15) is 5.11 Å². The molecule has 0 aliphatic heterocycles. The van der Waals surface area contributed by atoms with E-state index >= 15 is 0 Å². The van der Waals surface area contributed by atoms with Gasteiger partial charge in [0.25, 0.3) is 0 Å². The number of benzene rings is 1. The van der Waals surface area contributed by atoms with Crippen molar-refractivity contribution in [3.05, 3.63) is 23.2 Å². The van der Waals surface area contributed by atoms with Crippen molar-refractivity contribution in [1.29, 1.82) is 5.26 Å². The van der Waals surface area contributed by atoms with E-state index in [2.05, 4.69) is 4.98 Å². The van der Waals surface area contributed by atoms with E-state index in [0.29, 0.717) is 23.5 Å². The van der Waals surface area contributed by atoms with Gasteiger partial charge < -0.3 is 10.8 Å². The lowest BCUT2D eigenvalue weighted by Crippen LogP contribution is -1.95. The molecule has 0 spiro atoms. The Morgan fingerprint density at radius 2 is 2.38 bits per heavy atom. The van der Waals surface area contributed by atoms with Gasteiger partial charge in [-0.1, -0.05) is 0 Å². The summed E-state index contributed by atoms with van der Waals surface area (Å²) in [6.07, 6.45) is 0.101. The lowest BCUT2D eigenvalue weighted by molar-refractivity contribution is 0.169. The Balaban J connectivity index is 2.29. The standard InChI is InChI=1S/C11H11N3OS/c12-5-1-2-9(15)11-14-8-4-3-7(13)6-10(8)16-11/h3-4,6,9,15H,1-2,13H2/t9-/m0/s1. The van der Waals surface area contributed by atoms with Gasteiger partial charge in [0, 0.05) is 12.1 Å². The molecule has 0 aliphatic carbocycles. The minimum absolute atomic E-state index is 0.333. The number of nitrogen functional groups attached to an aromatic ring is 1. The monoisotopic (exact) mass is 233 g/mol. The normalized spacial score (nSPS) is 12.5. The molecular weight excluding hydrogens is 222 g/mol. The minimum atomic E-state index is -0.654. The van der Waals surface area contributed by atoms with Gasteiger partial charge in [-0.05, 0) is 24.6 Å². The van der Waals surface area contributed by atoms with Gasteiger partial charge in [-0.15, -0.1) is 11.3 Å². The van der Waals surface area contributed by atoms with Crippen LogP contribution < -0.4 is 5.73 Å². The van der Waals surface area contributed by atoms with Crippen LogP contribution in [0.1, 0.15) is 24.0 Å². The fraction of sp³-hybridized carbons (Fsp3) is 0.273. The van der Waals surface area contributed by atoms with Crippen LogP contribution in [0.15, 0.2) is 18.2 Å². The van der Waals surface area contributed by atoms with Gasteiger partial charge >= 0.3 is 0 Å². The van der Waals surface area contributed by atoms with Crippen molar-refractivity contribution in [2.45, 2.75) is 18.9 Å². The van der Waals surface area contributed by atoms with E-state index in [-0.39, 0.29) is 0 Å². The number of anilines is 1. The average Bonchev–Trinajstić information content (AvgIpc) is 2.68. The first-order valence-corrected chi connectivity index (χ1v) is 5.73. The number of rotatable bonds is 3. The van der Waals surface area contributed by atoms with Crippen molar-refractivity contribution >= 4 is 27.2 Å². The predicted octanol–water partition coefficient (Wildman–Crippen LogP) is 2.22.